The van der Waals surface area contributed by atoms with Crippen molar-refractivity contribution in [2.75, 3.05) is 36.4 Å². The maximum atomic E-state index is 11.3. The summed E-state index contributed by atoms with van der Waals surface area (Å²) in [7, 11) is 0. The topological polar surface area (TPSA) is 109 Å². The molecule has 1 aliphatic heterocycles. The van der Waals surface area contributed by atoms with E-state index in [1.807, 2.05) is 12.1 Å². The monoisotopic (exact) mass is 381 g/mol. The Labute approximate surface area is 160 Å². The van der Waals surface area contributed by atoms with Gasteiger partial charge in [0.2, 0.25) is 5.91 Å². The van der Waals surface area contributed by atoms with Crippen LogP contribution in [0.25, 0.3) is 10.4 Å². The second kappa shape index (κ2) is 7.68. The molecule has 0 radical (unpaired) electrons. The van der Waals surface area contributed by atoms with Gasteiger partial charge in [-0.25, -0.2) is 9.97 Å². The number of amides is 1. The summed E-state index contributed by atoms with van der Waals surface area (Å²) in [4.78, 5) is 27.4. The van der Waals surface area contributed by atoms with Gasteiger partial charge < -0.3 is 21.3 Å². The van der Waals surface area contributed by atoms with E-state index < -0.39 is 5.91 Å². The molecule has 0 unspecified atom stereocenters. The summed E-state index contributed by atoms with van der Waals surface area (Å²) in [5.41, 5.74) is 7.65. The smallest absolute Gasteiger partial charge is 0.250 e. The van der Waals surface area contributed by atoms with Crippen LogP contribution in [-0.4, -0.2) is 47.0 Å². The van der Waals surface area contributed by atoms with Crippen LogP contribution in [-0.2, 0) is 0 Å². The van der Waals surface area contributed by atoms with E-state index in [9.17, 15) is 4.79 Å². The Bertz CT molecular complexity index is 952. The lowest BCUT2D eigenvalue weighted by Gasteiger charge is -2.29. The molecular formula is C18H19N7OS. The third-order valence-corrected chi connectivity index (χ3v) is 5.24. The highest BCUT2D eigenvalue weighted by molar-refractivity contribution is 7.18. The molecule has 8 nitrogen and oxygen atoms in total. The van der Waals surface area contributed by atoms with Gasteiger partial charge in [0.15, 0.2) is 5.13 Å². The van der Waals surface area contributed by atoms with Gasteiger partial charge in [-0.15, -0.1) is 0 Å². The van der Waals surface area contributed by atoms with E-state index in [4.69, 9.17) is 5.73 Å². The minimum atomic E-state index is -0.499. The van der Waals surface area contributed by atoms with Crippen molar-refractivity contribution in [3.63, 3.8) is 0 Å². The van der Waals surface area contributed by atoms with E-state index >= 15 is 0 Å². The summed E-state index contributed by atoms with van der Waals surface area (Å²) in [5, 5.41) is 7.33. The quantitative estimate of drug-likeness (QED) is 0.619. The number of piperazine rings is 1. The molecule has 4 N–H and O–H groups in total. The molecule has 0 bridgehead atoms. The summed E-state index contributed by atoms with van der Waals surface area (Å²) >= 11 is 1.46. The molecule has 0 atom stereocenters. The van der Waals surface area contributed by atoms with Crippen molar-refractivity contribution in [1.29, 1.82) is 0 Å². The molecule has 138 valence electrons. The van der Waals surface area contributed by atoms with E-state index in [2.05, 4.69) is 30.5 Å². The Balaban J connectivity index is 1.51. The number of nitrogens with two attached hydrogens (primary N) is 1. The molecular weight excluding hydrogens is 362 g/mol. The van der Waals surface area contributed by atoms with Gasteiger partial charge in [0.1, 0.15) is 5.82 Å². The first-order chi connectivity index (χ1) is 13.2. The zero-order valence-electron chi connectivity index (χ0n) is 14.6. The van der Waals surface area contributed by atoms with E-state index in [1.165, 1.54) is 17.5 Å². The largest absolute Gasteiger partial charge is 0.369 e. The third-order valence-electron chi connectivity index (χ3n) is 4.27. The van der Waals surface area contributed by atoms with E-state index in [0.29, 0.717) is 5.56 Å². The molecule has 0 spiro atoms. The number of hydrogen-bond donors (Lipinski definition) is 3. The Morgan fingerprint density at radius 2 is 2.04 bits per heavy atom. The van der Waals surface area contributed by atoms with Crippen LogP contribution in [0.1, 0.15) is 10.4 Å². The molecule has 0 saturated carbocycles. The number of primary amides is 1. The Hall–Kier alpha value is -3.04. The van der Waals surface area contributed by atoms with Gasteiger partial charge in [-0.3, -0.25) is 9.78 Å². The summed E-state index contributed by atoms with van der Waals surface area (Å²) in [6.07, 6.45) is 6.69. The van der Waals surface area contributed by atoms with Crippen LogP contribution in [0, 0.1) is 0 Å². The molecule has 27 heavy (non-hydrogen) atoms. The number of aromatic nitrogens is 3. The lowest BCUT2D eigenvalue weighted by atomic mass is 10.2. The standard InChI is InChI=1S/C18H19N7OS/c19-17(26)13-7-12(9-21-10-13)15-11-23-18(27-15)24-16-8-14(1-2-22-16)25-5-3-20-4-6-25/h1-2,7-11,20H,3-6H2,(H2,19,26)(H,22,23,24). The first-order valence-electron chi connectivity index (χ1n) is 8.59. The lowest BCUT2D eigenvalue weighted by molar-refractivity contribution is 0.1000. The zero-order chi connectivity index (χ0) is 18.6. The Kier molecular flexibility index (Phi) is 4.95. The highest BCUT2D eigenvalue weighted by Gasteiger charge is 2.12. The van der Waals surface area contributed by atoms with E-state index in [1.54, 1.807) is 24.7 Å². The van der Waals surface area contributed by atoms with Crippen molar-refractivity contribution in [3.05, 3.63) is 48.5 Å². The van der Waals surface area contributed by atoms with Gasteiger partial charge >= 0.3 is 0 Å². The van der Waals surface area contributed by atoms with Gasteiger partial charge in [-0.1, -0.05) is 11.3 Å². The number of nitrogens with zero attached hydrogens (tertiary/aromatic N) is 4. The van der Waals surface area contributed by atoms with Crippen molar-refractivity contribution in [2.24, 2.45) is 5.73 Å². The van der Waals surface area contributed by atoms with Crippen LogP contribution in [0.2, 0.25) is 0 Å². The number of nitrogens with one attached hydrogen (secondary N) is 2. The zero-order valence-corrected chi connectivity index (χ0v) is 15.4. The molecule has 0 aliphatic carbocycles. The Morgan fingerprint density at radius 3 is 2.85 bits per heavy atom. The van der Waals surface area contributed by atoms with Crippen LogP contribution in [0.15, 0.2) is 43.0 Å². The summed E-state index contributed by atoms with van der Waals surface area (Å²) < 4.78 is 0. The molecule has 9 heteroatoms. The van der Waals surface area contributed by atoms with E-state index in [0.717, 1.165) is 53.3 Å². The SMILES string of the molecule is NC(=O)c1cncc(-c2cnc(Nc3cc(N4CCNCC4)ccn3)s2)c1. The molecule has 0 aromatic carbocycles. The number of pyridine rings is 2. The van der Waals surface area contributed by atoms with Crippen molar-refractivity contribution < 1.29 is 4.79 Å². The van der Waals surface area contributed by atoms with Crippen molar-refractivity contribution in [2.45, 2.75) is 0 Å². The van der Waals surface area contributed by atoms with Gasteiger partial charge in [0, 0.05) is 68.3 Å². The molecule has 3 aromatic rings. The van der Waals surface area contributed by atoms with Gasteiger partial charge in [0.25, 0.3) is 0 Å². The Morgan fingerprint density at radius 1 is 1.19 bits per heavy atom. The number of rotatable bonds is 5. The predicted octanol–water partition coefficient (Wildman–Crippen LogP) is 1.85. The maximum Gasteiger partial charge on any atom is 0.250 e. The number of anilines is 3. The molecule has 1 fully saturated rings. The number of thiazole rings is 1. The molecule has 1 aliphatic rings. The fraction of sp³-hybridized carbons (Fsp3) is 0.222. The van der Waals surface area contributed by atoms with Gasteiger partial charge in [0.05, 0.1) is 10.4 Å². The predicted molar refractivity (Wildman–Crippen MR) is 106 cm³/mol. The van der Waals surface area contributed by atoms with Crippen LogP contribution in [0.3, 0.4) is 0 Å². The number of carbonyl (C=O) groups excluding carboxylic acids is 1. The van der Waals surface area contributed by atoms with E-state index in [-0.39, 0.29) is 0 Å². The van der Waals surface area contributed by atoms with Crippen LogP contribution in [0.4, 0.5) is 16.6 Å². The normalized spacial score (nSPS) is 14.1. The molecule has 1 saturated heterocycles. The van der Waals surface area contributed by atoms with Crippen LogP contribution in [0.5, 0.6) is 0 Å². The van der Waals surface area contributed by atoms with Crippen LogP contribution >= 0.6 is 11.3 Å². The lowest BCUT2D eigenvalue weighted by Crippen LogP contribution is -2.43. The fourth-order valence-electron chi connectivity index (χ4n) is 2.89. The first-order valence-corrected chi connectivity index (χ1v) is 9.40. The van der Waals surface area contributed by atoms with Crippen molar-refractivity contribution in [3.8, 4) is 10.4 Å². The van der Waals surface area contributed by atoms with Gasteiger partial charge in [-0.05, 0) is 12.1 Å². The summed E-state index contributed by atoms with van der Waals surface area (Å²) in [5.74, 6) is 0.247. The molecule has 4 heterocycles. The fourth-order valence-corrected chi connectivity index (χ4v) is 3.70. The average molecular weight is 381 g/mol. The van der Waals surface area contributed by atoms with Gasteiger partial charge in [-0.2, -0.15) is 0 Å². The second-order valence-corrected chi connectivity index (χ2v) is 7.15. The summed E-state index contributed by atoms with van der Waals surface area (Å²) in [6, 6.07) is 5.77. The highest BCUT2D eigenvalue weighted by Crippen LogP contribution is 2.31. The summed E-state index contributed by atoms with van der Waals surface area (Å²) in [6.45, 7) is 3.93. The first kappa shape index (κ1) is 17.4. The molecule has 4 rings (SSSR count). The highest BCUT2D eigenvalue weighted by atomic mass is 32.1. The third kappa shape index (κ3) is 4.04. The molecule has 3 aromatic heterocycles. The molecule has 1 amide bonds. The van der Waals surface area contributed by atoms with Crippen molar-refractivity contribution >= 4 is 33.9 Å². The minimum absolute atomic E-state index is 0.376. The second-order valence-electron chi connectivity index (χ2n) is 6.12. The van der Waals surface area contributed by atoms with Crippen molar-refractivity contribution in [1.82, 2.24) is 20.3 Å². The number of carbonyl (C=O) groups is 1. The van der Waals surface area contributed by atoms with Crippen LogP contribution < -0.4 is 21.3 Å². The minimum Gasteiger partial charge on any atom is -0.369 e. The average Bonchev–Trinajstić information content (AvgIpc) is 3.17. The number of hydrogen-bond acceptors (Lipinski definition) is 8. The maximum absolute atomic E-state index is 11.3.